The molecular weight excluding hydrogens is 510 g/mol. The van der Waals surface area contributed by atoms with Crippen molar-refractivity contribution in [1.29, 1.82) is 0 Å². The summed E-state index contributed by atoms with van der Waals surface area (Å²) in [5.41, 5.74) is 0.754. The maximum Gasteiger partial charge on any atom is 0.269 e. The molecule has 1 amide bonds. The van der Waals surface area contributed by atoms with Crippen LogP contribution in [0.5, 0.6) is 11.5 Å². The molecule has 0 spiro atoms. The van der Waals surface area contributed by atoms with Crippen LogP contribution in [0.2, 0.25) is 0 Å². The number of hydrogen-bond acceptors (Lipinski definition) is 8. The van der Waals surface area contributed by atoms with E-state index < -0.39 is 6.43 Å². The summed E-state index contributed by atoms with van der Waals surface area (Å²) >= 11 is 0. The highest BCUT2D eigenvalue weighted by molar-refractivity contribution is 5.87. The number of amides is 1. The highest BCUT2D eigenvalue weighted by Crippen LogP contribution is 2.38. The van der Waals surface area contributed by atoms with Crippen molar-refractivity contribution in [3.05, 3.63) is 41.9 Å². The average molecular weight is 541 g/mol. The molecule has 1 atom stereocenters. The van der Waals surface area contributed by atoms with Gasteiger partial charge in [-0.1, -0.05) is 20.8 Å². The molecule has 1 unspecified atom stereocenters. The van der Waals surface area contributed by atoms with Crippen LogP contribution in [0.3, 0.4) is 0 Å². The minimum absolute atomic E-state index is 0.126. The number of aromatic nitrogens is 6. The number of fused-ring (bicyclic) bond motifs is 1. The molecule has 1 saturated heterocycles. The lowest BCUT2D eigenvalue weighted by molar-refractivity contribution is -0.114. The number of halogens is 2. The van der Waals surface area contributed by atoms with Gasteiger partial charge in [0.2, 0.25) is 11.9 Å². The number of pyridine rings is 2. The maximum absolute atomic E-state index is 14.4. The first-order valence-corrected chi connectivity index (χ1v) is 12.5. The van der Waals surface area contributed by atoms with Crippen molar-refractivity contribution in [2.45, 2.75) is 52.0 Å². The molecule has 39 heavy (non-hydrogen) atoms. The Morgan fingerprint density at radius 2 is 2.03 bits per heavy atom. The van der Waals surface area contributed by atoms with Crippen molar-refractivity contribution < 1.29 is 23.0 Å². The number of hydrogen-bond donors (Lipinski definition) is 2. The van der Waals surface area contributed by atoms with Gasteiger partial charge in [0.25, 0.3) is 6.43 Å². The first-order chi connectivity index (χ1) is 18.5. The van der Waals surface area contributed by atoms with E-state index in [4.69, 9.17) is 14.6 Å². The third-order valence-corrected chi connectivity index (χ3v) is 6.38. The molecule has 206 valence electrons. The maximum atomic E-state index is 14.4. The molecule has 0 aromatic carbocycles. The van der Waals surface area contributed by atoms with Gasteiger partial charge in [0.15, 0.2) is 17.2 Å². The minimum Gasteiger partial charge on any atom is -0.455 e. The molecule has 2 N–H and O–H groups in total. The Balaban J connectivity index is 1.50. The standard InChI is InChI=1S/C26H30F2N8O3/c1-14(37)31-19-10-16(6-8-29-19)39-17-12-30-24-22(21(17)23(27)28)35(5)25(33-24)32-20-11-18(26(2,3)4)36(34-20)15-7-9-38-13-15/h6,8,10-12,15,23H,7,9,13H2,1-5H3,(H,29,31,37)(H,30,32,33,34). The van der Waals surface area contributed by atoms with Crippen molar-refractivity contribution >= 4 is 34.7 Å². The van der Waals surface area contributed by atoms with Gasteiger partial charge in [0.1, 0.15) is 17.1 Å². The van der Waals surface area contributed by atoms with Crippen molar-refractivity contribution in [2.24, 2.45) is 7.05 Å². The van der Waals surface area contributed by atoms with Crippen molar-refractivity contribution in [1.82, 2.24) is 29.3 Å². The number of rotatable bonds is 7. The zero-order valence-corrected chi connectivity index (χ0v) is 22.3. The monoisotopic (exact) mass is 540 g/mol. The van der Waals surface area contributed by atoms with E-state index in [1.54, 1.807) is 7.05 Å². The van der Waals surface area contributed by atoms with Crippen LogP contribution in [0.25, 0.3) is 11.2 Å². The summed E-state index contributed by atoms with van der Waals surface area (Å²) in [6.07, 6.45) is 0.610. The molecule has 4 aromatic heterocycles. The summed E-state index contributed by atoms with van der Waals surface area (Å²) in [4.78, 5) is 24.1. The fraction of sp³-hybridized carbons (Fsp3) is 0.423. The Kier molecular flexibility index (Phi) is 6.93. The predicted molar refractivity (Wildman–Crippen MR) is 141 cm³/mol. The fourth-order valence-electron chi connectivity index (χ4n) is 4.56. The molecular formula is C26H30F2N8O3. The summed E-state index contributed by atoms with van der Waals surface area (Å²) in [6.45, 7) is 8.94. The lowest BCUT2D eigenvalue weighted by Gasteiger charge is -2.22. The van der Waals surface area contributed by atoms with E-state index in [2.05, 4.69) is 46.4 Å². The van der Waals surface area contributed by atoms with E-state index in [0.717, 1.165) is 12.1 Å². The average Bonchev–Trinajstić information content (AvgIpc) is 3.59. The van der Waals surface area contributed by atoms with Gasteiger partial charge in [0.05, 0.1) is 24.4 Å². The predicted octanol–water partition coefficient (Wildman–Crippen LogP) is 5.25. The number of imidazole rings is 1. The van der Waals surface area contributed by atoms with Crippen molar-refractivity contribution in [3.8, 4) is 11.5 Å². The van der Waals surface area contributed by atoms with E-state index in [9.17, 15) is 13.6 Å². The molecule has 0 radical (unpaired) electrons. The number of carbonyl (C=O) groups is 1. The second kappa shape index (κ2) is 10.2. The summed E-state index contributed by atoms with van der Waals surface area (Å²) in [5, 5.41) is 10.5. The molecule has 5 heterocycles. The number of alkyl halides is 2. The van der Waals surface area contributed by atoms with Crippen LogP contribution >= 0.6 is 0 Å². The lowest BCUT2D eigenvalue weighted by atomic mass is 9.91. The Bertz CT molecular complexity index is 1520. The van der Waals surface area contributed by atoms with Gasteiger partial charge in [-0.05, 0) is 12.5 Å². The lowest BCUT2D eigenvalue weighted by Crippen LogP contribution is -2.22. The van der Waals surface area contributed by atoms with Gasteiger partial charge in [0, 0.05) is 50.0 Å². The highest BCUT2D eigenvalue weighted by Gasteiger charge is 2.29. The first-order valence-electron chi connectivity index (χ1n) is 12.5. The smallest absolute Gasteiger partial charge is 0.269 e. The molecule has 0 aliphatic carbocycles. The zero-order chi connectivity index (χ0) is 27.9. The number of nitrogens with zero attached hydrogens (tertiary/aromatic N) is 6. The topological polar surface area (TPSA) is 121 Å². The number of carbonyl (C=O) groups excluding carboxylic acids is 1. The molecule has 4 aromatic rings. The Hall–Kier alpha value is -4.13. The molecule has 0 bridgehead atoms. The summed E-state index contributed by atoms with van der Waals surface area (Å²) in [5.74, 6) is 0.852. The van der Waals surface area contributed by atoms with Crippen LogP contribution in [0.4, 0.5) is 26.4 Å². The van der Waals surface area contributed by atoms with E-state index in [-0.39, 0.29) is 51.4 Å². The second-order valence-electron chi connectivity index (χ2n) is 10.4. The third kappa shape index (κ3) is 5.39. The Morgan fingerprint density at radius 3 is 2.69 bits per heavy atom. The normalized spacial score (nSPS) is 15.7. The summed E-state index contributed by atoms with van der Waals surface area (Å²) < 4.78 is 43.7. The van der Waals surface area contributed by atoms with E-state index >= 15 is 0 Å². The second-order valence-corrected chi connectivity index (χ2v) is 10.4. The zero-order valence-electron chi connectivity index (χ0n) is 22.3. The van der Waals surface area contributed by atoms with Gasteiger partial charge >= 0.3 is 0 Å². The van der Waals surface area contributed by atoms with Crippen LogP contribution in [-0.4, -0.2) is 48.4 Å². The molecule has 1 fully saturated rings. The van der Waals surface area contributed by atoms with E-state index in [1.165, 1.54) is 36.0 Å². The van der Waals surface area contributed by atoms with E-state index in [1.807, 2.05) is 10.7 Å². The molecule has 0 saturated carbocycles. The minimum atomic E-state index is -2.88. The largest absolute Gasteiger partial charge is 0.455 e. The summed E-state index contributed by atoms with van der Waals surface area (Å²) in [6, 6.07) is 5.01. The van der Waals surface area contributed by atoms with Gasteiger partial charge in [-0.25, -0.2) is 18.7 Å². The van der Waals surface area contributed by atoms with Crippen LogP contribution in [0.15, 0.2) is 30.6 Å². The molecule has 1 aliphatic heterocycles. The molecule has 1 aliphatic rings. The highest BCUT2D eigenvalue weighted by atomic mass is 19.3. The Labute approximate surface area is 223 Å². The van der Waals surface area contributed by atoms with Crippen LogP contribution in [0, 0.1) is 0 Å². The number of ether oxygens (including phenoxy) is 2. The molecule has 5 rings (SSSR count). The van der Waals surface area contributed by atoms with Gasteiger partial charge < -0.3 is 24.7 Å². The molecule has 11 nitrogen and oxygen atoms in total. The van der Waals surface area contributed by atoms with Crippen LogP contribution in [-0.2, 0) is 22.0 Å². The quantitative estimate of drug-likeness (QED) is 0.326. The Morgan fingerprint density at radius 1 is 1.23 bits per heavy atom. The van der Waals surface area contributed by atoms with E-state index in [0.29, 0.717) is 25.0 Å². The summed E-state index contributed by atoms with van der Waals surface area (Å²) in [7, 11) is 1.63. The first kappa shape index (κ1) is 26.5. The van der Waals surface area contributed by atoms with Crippen LogP contribution in [0.1, 0.15) is 57.8 Å². The third-order valence-electron chi connectivity index (χ3n) is 6.38. The SMILES string of the molecule is CC(=O)Nc1cc(Oc2cnc3nc(Nc4cc(C(C)(C)C)n(C5CCOC5)n4)n(C)c3c2C(F)F)ccn1. The van der Waals surface area contributed by atoms with Gasteiger partial charge in [-0.15, -0.1) is 0 Å². The van der Waals surface area contributed by atoms with Crippen molar-refractivity contribution in [3.63, 3.8) is 0 Å². The fourth-order valence-corrected chi connectivity index (χ4v) is 4.56. The number of nitrogens with one attached hydrogen (secondary N) is 2. The number of aryl methyl sites for hydroxylation is 1. The van der Waals surface area contributed by atoms with Crippen molar-refractivity contribution in [2.75, 3.05) is 23.8 Å². The number of anilines is 3. The van der Waals surface area contributed by atoms with Gasteiger partial charge in [-0.3, -0.25) is 9.48 Å². The van der Waals surface area contributed by atoms with Crippen LogP contribution < -0.4 is 15.4 Å². The van der Waals surface area contributed by atoms with Gasteiger partial charge in [-0.2, -0.15) is 10.1 Å². The molecule has 13 heteroatoms.